The van der Waals surface area contributed by atoms with Gasteiger partial charge in [-0.15, -0.1) is 0 Å². The number of fused-ring (bicyclic) bond motifs is 1. The van der Waals surface area contributed by atoms with Gasteiger partial charge in [0, 0.05) is 31.0 Å². The first-order valence-electron chi connectivity index (χ1n) is 10.1. The van der Waals surface area contributed by atoms with Gasteiger partial charge in [0.25, 0.3) is 0 Å². The molecule has 4 nitrogen and oxygen atoms in total. The van der Waals surface area contributed by atoms with Crippen molar-refractivity contribution in [1.29, 1.82) is 0 Å². The number of halogens is 6. The molecule has 1 aromatic carbocycles. The molecule has 0 radical (unpaired) electrons. The summed E-state index contributed by atoms with van der Waals surface area (Å²) < 4.78 is 114. The molecule has 3 rings (SSSR count). The van der Waals surface area contributed by atoms with E-state index in [1.54, 1.807) is 0 Å². The molecule has 1 aliphatic heterocycles. The molecule has 31 heavy (non-hydrogen) atoms. The van der Waals surface area contributed by atoms with E-state index in [1.165, 1.54) is 4.90 Å². The van der Waals surface area contributed by atoms with Crippen LogP contribution in [0.25, 0.3) is 0 Å². The fourth-order valence-corrected chi connectivity index (χ4v) is 6.13. The van der Waals surface area contributed by atoms with Gasteiger partial charge in [-0.1, -0.05) is 12.8 Å². The lowest BCUT2D eigenvalue weighted by atomic mass is 9.99. The van der Waals surface area contributed by atoms with Crippen LogP contribution in [0.4, 0.5) is 32.0 Å². The second-order valence-electron chi connectivity index (χ2n) is 8.37. The van der Waals surface area contributed by atoms with Crippen LogP contribution < -0.4 is 9.64 Å². The molecule has 0 amide bonds. The van der Waals surface area contributed by atoms with E-state index in [2.05, 4.69) is 0 Å². The normalized spacial score (nSPS) is 24.7. The highest BCUT2D eigenvalue weighted by Crippen LogP contribution is 2.47. The molecule has 0 N–H and O–H groups in total. The fourth-order valence-electron chi connectivity index (χ4n) is 4.42. The van der Waals surface area contributed by atoms with Crippen LogP contribution in [0.15, 0.2) is 17.0 Å². The molecule has 1 heterocycles. The third-order valence-corrected chi connectivity index (χ3v) is 7.94. The average Bonchev–Trinajstić information content (AvgIpc) is 3.17. The van der Waals surface area contributed by atoms with Crippen LogP contribution in [0.3, 0.4) is 0 Å². The number of rotatable bonds is 5. The maximum absolute atomic E-state index is 15.2. The molecule has 11 heteroatoms. The second kappa shape index (κ2) is 8.37. The molecule has 2 unspecified atom stereocenters. The Morgan fingerprint density at radius 3 is 2.26 bits per heavy atom. The second-order valence-corrected chi connectivity index (χ2v) is 10.4. The first-order chi connectivity index (χ1) is 14.3. The highest BCUT2D eigenvalue weighted by atomic mass is 32.2. The van der Waals surface area contributed by atoms with E-state index in [0.717, 1.165) is 20.0 Å². The monoisotopic (exact) mass is 473 g/mol. The number of benzene rings is 1. The number of anilines is 1. The molecular weight excluding hydrogens is 448 g/mol. The summed E-state index contributed by atoms with van der Waals surface area (Å²) in [4.78, 5) is 0.884. The molecule has 176 valence electrons. The van der Waals surface area contributed by atoms with Crippen molar-refractivity contribution in [1.82, 2.24) is 0 Å². The predicted molar refractivity (Wildman–Crippen MR) is 103 cm³/mol. The predicted octanol–water partition coefficient (Wildman–Crippen LogP) is 5.60. The summed E-state index contributed by atoms with van der Waals surface area (Å²) in [5.74, 6) is -5.15. The highest BCUT2D eigenvalue weighted by Gasteiger charge is 2.46. The Bertz CT molecular complexity index is 907. The molecule has 0 saturated heterocycles. The van der Waals surface area contributed by atoms with Crippen molar-refractivity contribution in [2.75, 3.05) is 18.6 Å². The van der Waals surface area contributed by atoms with E-state index < -0.39 is 62.4 Å². The van der Waals surface area contributed by atoms with Crippen molar-refractivity contribution in [2.24, 2.45) is 5.92 Å². The van der Waals surface area contributed by atoms with Gasteiger partial charge in [0.2, 0.25) is 21.3 Å². The Kier molecular flexibility index (Phi) is 6.48. The third kappa shape index (κ3) is 4.90. The molecule has 1 fully saturated rings. The summed E-state index contributed by atoms with van der Waals surface area (Å²) in [7, 11) is -3.77. The first-order valence-corrected chi connectivity index (χ1v) is 11.6. The van der Waals surface area contributed by atoms with Crippen LogP contribution in [0.1, 0.15) is 51.0 Å². The average molecular weight is 473 g/mol. The summed E-state index contributed by atoms with van der Waals surface area (Å²) in [6, 6.07) is 1.10. The molecule has 1 saturated carbocycles. The number of hydrogen-bond donors (Lipinski definition) is 0. The minimum absolute atomic E-state index is 0.242. The topological polar surface area (TPSA) is 46.6 Å². The maximum Gasteiger partial charge on any atom is 0.420 e. The summed E-state index contributed by atoms with van der Waals surface area (Å²) >= 11 is 0. The van der Waals surface area contributed by atoms with Crippen molar-refractivity contribution in [3.05, 3.63) is 17.7 Å². The zero-order valence-corrected chi connectivity index (χ0v) is 18.0. The van der Waals surface area contributed by atoms with Crippen LogP contribution in [0, 0.1) is 5.92 Å². The van der Waals surface area contributed by atoms with E-state index in [1.807, 2.05) is 0 Å². The van der Waals surface area contributed by atoms with Crippen LogP contribution in [-0.4, -0.2) is 39.5 Å². The summed E-state index contributed by atoms with van der Waals surface area (Å²) in [6.07, 6.45) is -3.17. The number of sulfone groups is 1. The highest BCUT2D eigenvalue weighted by molar-refractivity contribution is 7.92. The lowest BCUT2D eigenvalue weighted by Crippen LogP contribution is -2.39. The van der Waals surface area contributed by atoms with Gasteiger partial charge < -0.3 is 9.64 Å². The Morgan fingerprint density at radius 2 is 1.74 bits per heavy atom. The van der Waals surface area contributed by atoms with Gasteiger partial charge in [-0.2, -0.15) is 13.2 Å². The molecule has 0 spiro atoms. The quantitative estimate of drug-likeness (QED) is 0.523. The van der Waals surface area contributed by atoms with Crippen molar-refractivity contribution in [3.8, 4) is 5.75 Å². The largest absolute Gasteiger partial charge is 0.496 e. The van der Waals surface area contributed by atoms with E-state index in [0.29, 0.717) is 31.9 Å². The van der Waals surface area contributed by atoms with Crippen molar-refractivity contribution in [3.63, 3.8) is 0 Å². The first kappa shape index (κ1) is 24.0. The van der Waals surface area contributed by atoms with Crippen LogP contribution in [-0.2, 0) is 16.0 Å². The number of ether oxygens (including phenoxy) is 1. The number of methoxy groups -OCH3 is 1. The molecule has 1 aliphatic carbocycles. The summed E-state index contributed by atoms with van der Waals surface area (Å²) in [5, 5.41) is 0. The SMILES string of the molecule is COc1cc2c(cc1C(F)(F)F)N(C1CCCC1)CC(CCC(C)(F)F)C(F)S2(=O)=O. The smallest absolute Gasteiger partial charge is 0.420 e. The van der Waals surface area contributed by atoms with Crippen LogP contribution in [0.5, 0.6) is 5.75 Å². The van der Waals surface area contributed by atoms with Gasteiger partial charge in [-0.05, 0) is 32.3 Å². The standard InChI is InChI=1S/C20H25F6NO3S/c1-19(22,23)8-7-12-11-27(13-5-3-4-6-13)15-9-14(20(24,25)26)16(30-2)10-17(15)31(28,29)18(12)21/h9-10,12-13,18H,3-8,11H2,1-2H3. The van der Waals surface area contributed by atoms with Gasteiger partial charge in [0.05, 0.1) is 23.3 Å². The summed E-state index contributed by atoms with van der Waals surface area (Å²) in [6.45, 7) is 0.410. The van der Waals surface area contributed by atoms with E-state index in [9.17, 15) is 30.4 Å². The number of alkyl halides is 6. The summed E-state index contributed by atoms with van der Waals surface area (Å²) in [5.41, 5.74) is -3.92. The van der Waals surface area contributed by atoms with E-state index in [-0.39, 0.29) is 18.3 Å². The van der Waals surface area contributed by atoms with Gasteiger partial charge in [-0.3, -0.25) is 0 Å². The lowest BCUT2D eigenvalue weighted by molar-refractivity contribution is -0.138. The van der Waals surface area contributed by atoms with Crippen LogP contribution >= 0.6 is 0 Å². The molecule has 2 atom stereocenters. The molecule has 0 bridgehead atoms. The maximum atomic E-state index is 15.2. The Balaban J connectivity index is 2.18. The van der Waals surface area contributed by atoms with Gasteiger partial charge in [-0.25, -0.2) is 21.6 Å². The minimum atomic E-state index is -4.82. The third-order valence-electron chi connectivity index (χ3n) is 6.02. The van der Waals surface area contributed by atoms with E-state index >= 15 is 4.39 Å². The zero-order valence-electron chi connectivity index (χ0n) is 17.2. The van der Waals surface area contributed by atoms with E-state index in [4.69, 9.17) is 4.74 Å². The van der Waals surface area contributed by atoms with Gasteiger partial charge in [0.15, 0.2) is 0 Å². The number of nitrogens with zero attached hydrogens (tertiary/aromatic N) is 1. The van der Waals surface area contributed by atoms with Gasteiger partial charge in [0.1, 0.15) is 5.75 Å². The van der Waals surface area contributed by atoms with Gasteiger partial charge >= 0.3 is 6.18 Å². The van der Waals surface area contributed by atoms with Crippen molar-refractivity contribution in [2.45, 2.75) is 74.0 Å². The molecule has 0 aromatic heterocycles. The minimum Gasteiger partial charge on any atom is -0.496 e. The van der Waals surface area contributed by atoms with Crippen LogP contribution in [0.2, 0.25) is 0 Å². The Labute approximate surface area is 177 Å². The lowest BCUT2D eigenvalue weighted by Gasteiger charge is -2.34. The van der Waals surface area contributed by atoms with Crippen molar-refractivity contribution >= 4 is 15.5 Å². The zero-order chi connectivity index (χ0) is 23.2. The molecule has 2 aliphatic rings. The number of hydrogen-bond acceptors (Lipinski definition) is 4. The van der Waals surface area contributed by atoms with Crippen molar-refractivity contribution < 1.29 is 39.5 Å². The molecular formula is C20H25F6NO3S. The Morgan fingerprint density at radius 1 is 1.13 bits per heavy atom. The Hall–Kier alpha value is -1.65. The fraction of sp³-hybridized carbons (Fsp3) is 0.700. The molecule has 1 aromatic rings.